The molecule has 6 nitrogen and oxygen atoms in total. The van der Waals surface area contributed by atoms with Crippen LogP contribution in [0.2, 0.25) is 0 Å². The van der Waals surface area contributed by atoms with Gasteiger partial charge in [-0.2, -0.15) is 5.10 Å². The average molecular weight is 417 g/mol. The van der Waals surface area contributed by atoms with Crippen LogP contribution in [-0.4, -0.2) is 25.2 Å². The van der Waals surface area contributed by atoms with Crippen molar-refractivity contribution in [1.29, 1.82) is 0 Å². The van der Waals surface area contributed by atoms with E-state index in [0.717, 1.165) is 22.5 Å². The second-order valence-electron chi connectivity index (χ2n) is 7.51. The Balaban J connectivity index is 1.58. The van der Waals surface area contributed by atoms with Crippen LogP contribution in [0.5, 0.6) is 0 Å². The first-order chi connectivity index (χ1) is 15.0. The van der Waals surface area contributed by atoms with Crippen molar-refractivity contribution in [3.8, 4) is 11.3 Å². The minimum atomic E-state index is -0.317. The standard InChI is InChI=1S/C24H24FN5O/c1-17-14-18(2)30(28-17)13-12-22(31)27-24-23(20-8-10-21(25)11-9-20)26-16-29(24)15-19-6-4-3-5-7-19/h3-11,14,16H,12-13,15H2,1-2H3,(H,27,31). The maximum Gasteiger partial charge on any atom is 0.227 e. The summed E-state index contributed by atoms with van der Waals surface area (Å²) in [4.78, 5) is 17.3. The highest BCUT2D eigenvalue weighted by molar-refractivity contribution is 5.93. The van der Waals surface area contributed by atoms with Gasteiger partial charge in [0.05, 0.1) is 18.6 Å². The van der Waals surface area contributed by atoms with Crippen LogP contribution in [0.15, 0.2) is 67.0 Å². The molecule has 0 atom stereocenters. The van der Waals surface area contributed by atoms with E-state index in [1.807, 2.05) is 59.5 Å². The molecule has 158 valence electrons. The van der Waals surface area contributed by atoms with Crippen LogP contribution in [-0.2, 0) is 17.9 Å². The second kappa shape index (κ2) is 8.95. The fraction of sp³-hybridized carbons (Fsp3) is 0.208. The largest absolute Gasteiger partial charge is 0.312 e. The van der Waals surface area contributed by atoms with Gasteiger partial charge in [-0.1, -0.05) is 30.3 Å². The number of rotatable bonds is 7. The van der Waals surface area contributed by atoms with E-state index in [9.17, 15) is 9.18 Å². The Kier molecular flexibility index (Phi) is 5.93. The zero-order chi connectivity index (χ0) is 21.8. The molecule has 0 fully saturated rings. The molecular formula is C24H24FN5O. The first-order valence-corrected chi connectivity index (χ1v) is 10.2. The van der Waals surface area contributed by atoms with E-state index in [1.54, 1.807) is 18.5 Å². The Morgan fingerprint density at radius 1 is 1.06 bits per heavy atom. The van der Waals surface area contributed by atoms with E-state index < -0.39 is 0 Å². The van der Waals surface area contributed by atoms with Gasteiger partial charge in [0.1, 0.15) is 17.3 Å². The van der Waals surface area contributed by atoms with Crippen molar-refractivity contribution < 1.29 is 9.18 Å². The SMILES string of the molecule is Cc1cc(C)n(CCC(=O)Nc2c(-c3ccc(F)cc3)ncn2Cc2ccccc2)n1. The highest BCUT2D eigenvalue weighted by Gasteiger charge is 2.16. The highest BCUT2D eigenvalue weighted by Crippen LogP contribution is 2.28. The first kappa shape index (κ1) is 20.5. The molecule has 7 heteroatoms. The molecule has 2 heterocycles. The lowest BCUT2D eigenvalue weighted by molar-refractivity contribution is -0.116. The maximum atomic E-state index is 13.4. The maximum absolute atomic E-state index is 13.4. The Morgan fingerprint density at radius 3 is 2.48 bits per heavy atom. The molecule has 0 saturated carbocycles. The predicted molar refractivity (Wildman–Crippen MR) is 118 cm³/mol. The van der Waals surface area contributed by atoms with E-state index in [-0.39, 0.29) is 18.1 Å². The Morgan fingerprint density at radius 2 is 1.81 bits per heavy atom. The number of imidazole rings is 1. The molecule has 31 heavy (non-hydrogen) atoms. The molecule has 0 unspecified atom stereocenters. The molecule has 0 saturated heterocycles. The zero-order valence-corrected chi connectivity index (χ0v) is 17.5. The third-order valence-electron chi connectivity index (χ3n) is 5.06. The molecular weight excluding hydrogens is 393 g/mol. The number of carbonyl (C=O) groups excluding carboxylic acids is 1. The fourth-order valence-electron chi connectivity index (χ4n) is 3.54. The van der Waals surface area contributed by atoms with Gasteiger partial charge >= 0.3 is 0 Å². The summed E-state index contributed by atoms with van der Waals surface area (Å²) in [6.45, 7) is 4.95. The van der Waals surface area contributed by atoms with Gasteiger partial charge < -0.3 is 9.88 Å². The number of halogens is 1. The van der Waals surface area contributed by atoms with E-state index in [2.05, 4.69) is 15.4 Å². The molecule has 2 aromatic carbocycles. The number of hydrogen-bond acceptors (Lipinski definition) is 3. The molecule has 1 amide bonds. The third kappa shape index (κ3) is 4.88. The molecule has 0 aliphatic rings. The number of nitrogens with zero attached hydrogens (tertiary/aromatic N) is 4. The van der Waals surface area contributed by atoms with Crippen LogP contribution < -0.4 is 5.32 Å². The summed E-state index contributed by atoms with van der Waals surface area (Å²) in [7, 11) is 0. The van der Waals surface area contributed by atoms with E-state index in [4.69, 9.17) is 0 Å². The number of hydrogen-bond donors (Lipinski definition) is 1. The summed E-state index contributed by atoms with van der Waals surface area (Å²) in [6.07, 6.45) is 1.98. The normalized spacial score (nSPS) is 10.9. The van der Waals surface area contributed by atoms with Gasteiger partial charge in [-0.3, -0.25) is 9.48 Å². The van der Waals surface area contributed by atoms with Crippen molar-refractivity contribution >= 4 is 11.7 Å². The van der Waals surface area contributed by atoms with Crippen LogP contribution in [0.25, 0.3) is 11.3 Å². The number of carbonyl (C=O) groups is 1. The van der Waals surface area contributed by atoms with Gasteiger partial charge in [0.2, 0.25) is 5.91 Å². The fourth-order valence-corrected chi connectivity index (χ4v) is 3.54. The van der Waals surface area contributed by atoms with Crippen molar-refractivity contribution in [2.75, 3.05) is 5.32 Å². The summed E-state index contributed by atoms with van der Waals surface area (Å²) < 4.78 is 17.1. The number of nitrogens with one attached hydrogen (secondary N) is 1. The van der Waals surface area contributed by atoms with Crippen molar-refractivity contribution in [1.82, 2.24) is 19.3 Å². The second-order valence-corrected chi connectivity index (χ2v) is 7.51. The van der Waals surface area contributed by atoms with Crippen LogP contribution in [0.1, 0.15) is 23.4 Å². The lowest BCUT2D eigenvalue weighted by Gasteiger charge is -2.12. The minimum absolute atomic E-state index is 0.134. The van der Waals surface area contributed by atoms with Gasteiger partial charge in [0.15, 0.2) is 0 Å². The Bertz CT molecular complexity index is 1180. The van der Waals surface area contributed by atoms with Gasteiger partial charge in [0.25, 0.3) is 0 Å². The van der Waals surface area contributed by atoms with E-state index >= 15 is 0 Å². The number of aromatic nitrogens is 4. The van der Waals surface area contributed by atoms with Gasteiger partial charge in [0, 0.05) is 24.2 Å². The smallest absolute Gasteiger partial charge is 0.227 e. The number of anilines is 1. The first-order valence-electron chi connectivity index (χ1n) is 10.2. The predicted octanol–water partition coefficient (Wildman–Crippen LogP) is 4.58. The van der Waals surface area contributed by atoms with Crippen LogP contribution in [0, 0.1) is 19.7 Å². The lowest BCUT2D eigenvalue weighted by atomic mass is 10.1. The summed E-state index contributed by atoms with van der Waals surface area (Å²) >= 11 is 0. The third-order valence-corrected chi connectivity index (χ3v) is 5.06. The Hall–Kier alpha value is -3.74. The summed E-state index contributed by atoms with van der Waals surface area (Å²) in [5.41, 5.74) is 4.38. The number of benzene rings is 2. The molecule has 4 aromatic rings. The molecule has 4 rings (SSSR count). The summed E-state index contributed by atoms with van der Waals surface area (Å²) in [6, 6.07) is 18.0. The Labute approximate surface area is 180 Å². The molecule has 0 aliphatic carbocycles. The number of aryl methyl sites for hydroxylation is 3. The van der Waals surface area contributed by atoms with Gasteiger partial charge in [-0.25, -0.2) is 9.37 Å². The van der Waals surface area contributed by atoms with Crippen LogP contribution in [0.4, 0.5) is 10.2 Å². The molecule has 1 N–H and O–H groups in total. The zero-order valence-electron chi connectivity index (χ0n) is 17.5. The van der Waals surface area contributed by atoms with Crippen molar-refractivity contribution in [2.45, 2.75) is 33.4 Å². The van der Waals surface area contributed by atoms with Crippen LogP contribution in [0.3, 0.4) is 0 Å². The number of amides is 1. The highest BCUT2D eigenvalue weighted by atomic mass is 19.1. The molecule has 0 spiro atoms. The van der Waals surface area contributed by atoms with Crippen LogP contribution >= 0.6 is 0 Å². The van der Waals surface area contributed by atoms with Crippen molar-refractivity contribution in [2.24, 2.45) is 0 Å². The topological polar surface area (TPSA) is 64.7 Å². The summed E-state index contributed by atoms with van der Waals surface area (Å²) in [5.74, 6) is 0.141. The average Bonchev–Trinajstić information content (AvgIpc) is 3.29. The molecule has 0 radical (unpaired) electrons. The lowest BCUT2D eigenvalue weighted by Crippen LogP contribution is -2.18. The van der Waals surface area contributed by atoms with Crippen molar-refractivity contribution in [3.63, 3.8) is 0 Å². The summed E-state index contributed by atoms with van der Waals surface area (Å²) in [5, 5.41) is 7.43. The monoisotopic (exact) mass is 417 g/mol. The molecule has 0 aliphatic heterocycles. The van der Waals surface area contributed by atoms with E-state index in [1.165, 1.54) is 12.1 Å². The molecule has 0 bridgehead atoms. The quantitative estimate of drug-likeness (QED) is 0.479. The van der Waals surface area contributed by atoms with Gasteiger partial charge in [-0.05, 0) is 49.7 Å². The van der Waals surface area contributed by atoms with Crippen molar-refractivity contribution in [3.05, 3.63) is 89.8 Å². The van der Waals surface area contributed by atoms with Gasteiger partial charge in [-0.15, -0.1) is 0 Å². The van der Waals surface area contributed by atoms with E-state index in [0.29, 0.717) is 24.6 Å². The molecule has 2 aromatic heterocycles. The minimum Gasteiger partial charge on any atom is -0.312 e.